The second-order valence-corrected chi connectivity index (χ2v) is 13.8. The zero-order chi connectivity index (χ0) is 32.1. The second kappa shape index (κ2) is 17.3. The summed E-state index contributed by atoms with van der Waals surface area (Å²) in [5, 5.41) is 14.7. The minimum atomic E-state index is -0.736. The summed E-state index contributed by atoms with van der Waals surface area (Å²) in [4.78, 5) is 57.5. The molecule has 3 amide bonds. The van der Waals surface area contributed by atoms with Gasteiger partial charge in [-0.15, -0.1) is 11.3 Å². The fourth-order valence-corrected chi connectivity index (χ4v) is 6.44. The van der Waals surface area contributed by atoms with Gasteiger partial charge in [-0.1, -0.05) is 83.6 Å². The van der Waals surface area contributed by atoms with Crippen molar-refractivity contribution in [3.63, 3.8) is 0 Å². The largest absolute Gasteiger partial charge is 0.481 e. The molecule has 3 rings (SSSR count). The Morgan fingerprint density at radius 3 is 2.16 bits per heavy atom. The lowest BCUT2D eigenvalue weighted by Crippen LogP contribution is -2.57. The molecule has 9 nitrogen and oxygen atoms in total. The van der Waals surface area contributed by atoms with E-state index in [1.807, 2.05) is 57.5 Å². The Hall–Kier alpha value is -3.27. The molecule has 2 heterocycles. The Balaban J connectivity index is 1.44. The van der Waals surface area contributed by atoms with Crippen LogP contribution in [0.5, 0.6) is 0 Å². The summed E-state index contributed by atoms with van der Waals surface area (Å²) in [7, 11) is 0. The smallest absolute Gasteiger partial charge is 0.303 e. The molecule has 1 aliphatic rings. The van der Waals surface area contributed by atoms with E-state index in [4.69, 9.17) is 5.11 Å². The molecule has 1 aromatic carbocycles. The van der Waals surface area contributed by atoms with Gasteiger partial charge in [0.2, 0.25) is 17.7 Å². The first-order valence-corrected chi connectivity index (χ1v) is 16.9. The van der Waals surface area contributed by atoms with Gasteiger partial charge in [0.25, 0.3) is 0 Å². The number of benzene rings is 1. The number of likely N-dealkylation sites (tertiary alicyclic amines) is 1. The molecule has 2 aromatic rings. The molecule has 0 spiro atoms. The third-order valence-corrected chi connectivity index (χ3v) is 9.21. The fraction of sp³-hybridized carbons (Fsp3) is 0.618. The van der Waals surface area contributed by atoms with Gasteiger partial charge in [0, 0.05) is 25.9 Å². The molecule has 0 saturated carbocycles. The summed E-state index contributed by atoms with van der Waals surface area (Å²) in [6.07, 6.45) is 9.57. The van der Waals surface area contributed by atoms with Crippen LogP contribution in [0.2, 0.25) is 0 Å². The maximum atomic E-state index is 13.7. The number of rotatable bonds is 17. The highest BCUT2D eigenvalue weighted by Crippen LogP contribution is 2.28. The zero-order valence-corrected chi connectivity index (χ0v) is 27.6. The van der Waals surface area contributed by atoms with Gasteiger partial charge >= 0.3 is 5.97 Å². The normalized spacial score (nSPS) is 15.6. The number of carbonyl (C=O) groups excluding carboxylic acids is 3. The quantitative estimate of drug-likeness (QED) is 0.178. The number of nitrogens with one attached hydrogen (secondary N) is 2. The summed E-state index contributed by atoms with van der Waals surface area (Å²) in [6.45, 7) is 8.69. The third-order valence-electron chi connectivity index (χ3n) is 8.23. The Labute approximate surface area is 266 Å². The van der Waals surface area contributed by atoms with Crippen molar-refractivity contribution in [2.45, 2.75) is 123 Å². The van der Waals surface area contributed by atoms with Crippen LogP contribution in [-0.2, 0) is 25.7 Å². The predicted octanol–water partition coefficient (Wildman–Crippen LogP) is 6.24. The summed E-state index contributed by atoms with van der Waals surface area (Å²) in [6, 6.07) is 6.82. The van der Waals surface area contributed by atoms with Crippen molar-refractivity contribution in [1.29, 1.82) is 0 Å². The molecule has 0 aliphatic carbocycles. The highest BCUT2D eigenvalue weighted by Gasteiger charge is 2.41. The first-order chi connectivity index (χ1) is 21.0. The standard InChI is InChI=1S/C34H50N4O5S/c1-24-30(44-23-36-24)26-19-17-25(18-20-26)22-35-32(42)27-14-13-21-38(27)33(43)31(34(2,3)4)37-28(39)15-11-9-7-5-6-8-10-12-16-29(40)41/h17-20,23,27,31H,5-16,21-22H2,1-4H3,(H,35,42)(H,37,39)(H,40,41)/t27-,31+/m0/s1. The van der Waals surface area contributed by atoms with E-state index in [0.717, 1.165) is 79.5 Å². The van der Waals surface area contributed by atoms with Crippen molar-refractivity contribution in [3.8, 4) is 10.4 Å². The maximum absolute atomic E-state index is 13.7. The number of thiazole rings is 1. The van der Waals surface area contributed by atoms with Gasteiger partial charge in [-0.3, -0.25) is 19.2 Å². The van der Waals surface area contributed by atoms with Crippen LogP contribution in [0.4, 0.5) is 0 Å². The number of aryl methyl sites for hydroxylation is 1. The Morgan fingerprint density at radius 2 is 1.59 bits per heavy atom. The summed E-state index contributed by atoms with van der Waals surface area (Å²) >= 11 is 1.61. The van der Waals surface area contributed by atoms with E-state index in [2.05, 4.69) is 15.6 Å². The van der Waals surface area contributed by atoms with Gasteiger partial charge in [-0.25, -0.2) is 4.98 Å². The van der Waals surface area contributed by atoms with Crippen LogP contribution in [-0.4, -0.2) is 57.3 Å². The van der Waals surface area contributed by atoms with Gasteiger partial charge in [0.15, 0.2) is 0 Å². The monoisotopic (exact) mass is 626 g/mol. The van der Waals surface area contributed by atoms with Gasteiger partial charge in [0.05, 0.1) is 16.1 Å². The van der Waals surface area contributed by atoms with Crippen molar-refractivity contribution in [2.75, 3.05) is 6.54 Å². The van der Waals surface area contributed by atoms with Crippen LogP contribution in [0.1, 0.15) is 109 Å². The minimum Gasteiger partial charge on any atom is -0.481 e. The lowest BCUT2D eigenvalue weighted by molar-refractivity contribution is -0.143. The fourth-order valence-electron chi connectivity index (χ4n) is 5.63. The van der Waals surface area contributed by atoms with Gasteiger partial charge in [-0.05, 0) is 49.1 Å². The molecule has 1 saturated heterocycles. The molecule has 242 valence electrons. The van der Waals surface area contributed by atoms with Crippen LogP contribution in [0.3, 0.4) is 0 Å². The number of unbranched alkanes of at least 4 members (excludes halogenated alkanes) is 7. The number of hydrogen-bond donors (Lipinski definition) is 3. The lowest BCUT2D eigenvalue weighted by atomic mass is 9.85. The van der Waals surface area contributed by atoms with Gasteiger partial charge < -0.3 is 20.6 Å². The first-order valence-electron chi connectivity index (χ1n) is 16.1. The molecule has 44 heavy (non-hydrogen) atoms. The topological polar surface area (TPSA) is 129 Å². The summed E-state index contributed by atoms with van der Waals surface area (Å²) < 4.78 is 0. The van der Waals surface area contributed by atoms with E-state index in [9.17, 15) is 19.2 Å². The molecule has 1 fully saturated rings. The number of nitrogens with zero attached hydrogens (tertiary/aromatic N) is 2. The molecular weight excluding hydrogens is 576 g/mol. The van der Waals surface area contributed by atoms with E-state index in [1.54, 1.807) is 16.2 Å². The maximum Gasteiger partial charge on any atom is 0.303 e. The Kier molecular flexibility index (Phi) is 13.8. The SMILES string of the molecule is Cc1ncsc1-c1ccc(CNC(=O)[C@@H]2CCCN2C(=O)[C@@H](NC(=O)CCCCCCCCCCC(=O)O)C(C)(C)C)cc1. The number of aromatic nitrogens is 1. The number of carbonyl (C=O) groups is 4. The lowest BCUT2D eigenvalue weighted by Gasteiger charge is -2.35. The van der Waals surface area contributed by atoms with Crippen LogP contribution in [0, 0.1) is 12.3 Å². The molecule has 2 atom stereocenters. The van der Waals surface area contributed by atoms with Crippen molar-refractivity contribution in [1.82, 2.24) is 20.5 Å². The summed E-state index contributed by atoms with van der Waals surface area (Å²) in [5.74, 6) is -1.24. The van der Waals surface area contributed by atoms with E-state index in [0.29, 0.717) is 25.9 Å². The van der Waals surface area contributed by atoms with E-state index < -0.39 is 23.5 Å². The molecule has 1 aliphatic heterocycles. The average molecular weight is 627 g/mol. The molecule has 10 heteroatoms. The highest BCUT2D eigenvalue weighted by molar-refractivity contribution is 7.13. The summed E-state index contributed by atoms with van der Waals surface area (Å²) in [5.41, 5.74) is 4.42. The molecular formula is C34H50N4O5S. The van der Waals surface area contributed by atoms with Crippen molar-refractivity contribution in [2.24, 2.45) is 5.41 Å². The number of carboxylic acid groups (broad SMARTS) is 1. The zero-order valence-electron chi connectivity index (χ0n) is 26.8. The minimum absolute atomic E-state index is 0.135. The van der Waals surface area contributed by atoms with Crippen LogP contribution < -0.4 is 10.6 Å². The van der Waals surface area contributed by atoms with Crippen LogP contribution >= 0.6 is 11.3 Å². The van der Waals surface area contributed by atoms with E-state index >= 15 is 0 Å². The Bertz CT molecular complexity index is 1240. The molecule has 0 unspecified atom stereocenters. The van der Waals surface area contributed by atoms with Gasteiger partial charge in [-0.2, -0.15) is 0 Å². The number of hydrogen-bond acceptors (Lipinski definition) is 6. The van der Waals surface area contributed by atoms with Crippen molar-refractivity contribution < 1.29 is 24.3 Å². The van der Waals surface area contributed by atoms with E-state index in [-0.39, 0.29) is 24.1 Å². The third kappa shape index (κ3) is 11.0. The molecule has 0 bridgehead atoms. The van der Waals surface area contributed by atoms with Crippen LogP contribution in [0.25, 0.3) is 10.4 Å². The van der Waals surface area contributed by atoms with Crippen molar-refractivity contribution in [3.05, 3.63) is 41.0 Å². The first kappa shape index (κ1) is 35.2. The Morgan fingerprint density at radius 1 is 0.977 bits per heavy atom. The molecule has 1 aromatic heterocycles. The van der Waals surface area contributed by atoms with Crippen LogP contribution in [0.15, 0.2) is 29.8 Å². The number of amides is 3. The molecule has 0 radical (unpaired) electrons. The number of carboxylic acids is 1. The second-order valence-electron chi connectivity index (χ2n) is 13.0. The number of aliphatic carboxylic acids is 1. The highest BCUT2D eigenvalue weighted by atomic mass is 32.1. The van der Waals surface area contributed by atoms with E-state index in [1.165, 1.54) is 0 Å². The predicted molar refractivity (Wildman–Crippen MR) is 174 cm³/mol. The molecule has 3 N–H and O–H groups in total. The van der Waals surface area contributed by atoms with Gasteiger partial charge in [0.1, 0.15) is 12.1 Å². The average Bonchev–Trinajstić information content (AvgIpc) is 3.64. The van der Waals surface area contributed by atoms with Crippen molar-refractivity contribution >= 4 is 35.0 Å².